The van der Waals surface area contributed by atoms with Crippen LogP contribution in [0.2, 0.25) is 0 Å². The van der Waals surface area contributed by atoms with Crippen LogP contribution in [0, 0.1) is 0 Å². The van der Waals surface area contributed by atoms with Crippen LogP contribution in [0.1, 0.15) is 24.8 Å². The van der Waals surface area contributed by atoms with E-state index in [2.05, 4.69) is 34.0 Å². The van der Waals surface area contributed by atoms with Gasteiger partial charge in [0.15, 0.2) is 0 Å². The van der Waals surface area contributed by atoms with Gasteiger partial charge in [0.25, 0.3) is 0 Å². The Morgan fingerprint density at radius 1 is 1.29 bits per heavy atom. The number of benzene rings is 1. The number of rotatable bonds is 6. The number of hydrogen-bond acceptors (Lipinski definition) is 3. The molecule has 1 atom stereocenters. The first kappa shape index (κ1) is 11.8. The molecule has 1 aromatic carbocycles. The van der Waals surface area contributed by atoms with Gasteiger partial charge in [-0.05, 0) is 24.8 Å². The van der Waals surface area contributed by atoms with Gasteiger partial charge < -0.3 is 4.74 Å². The standard InChI is InChI=1S/C14H17NO2/c1-17-14(16)13-12(15-13)10-6-5-9-11-7-3-2-4-8-11/h2-4,7-8,12H,5-6,9-10H2,1H3/t12-/m0/s1. The van der Waals surface area contributed by atoms with Crippen LogP contribution in [-0.4, -0.2) is 24.8 Å². The highest BCUT2D eigenvalue weighted by Crippen LogP contribution is 2.20. The molecule has 1 aromatic rings. The van der Waals surface area contributed by atoms with Crippen molar-refractivity contribution in [2.24, 2.45) is 4.99 Å². The van der Waals surface area contributed by atoms with E-state index in [4.69, 9.17) is 0 Å². The lowest BCUT2D eigenvalue weighted by Gasteiger charge is -2.00. The van der Waals surface area contributed by atoms with Crippen LogP contribution >= 0.6 is 0 Å². The molecule has 2 rings (SSSR count). The maximum atomic E-state index is 11.1. The third kappa shape index (κ3) is 3.41. The van der Waals surface area contributed by atoms with Crippen LogP contribution in [0.5, 0.6) is 0 Å². The fourth-order valence-corrected chi connectivity index (χ4v) is 1.94. The Labute approximate surface area is 102 Å². The zero-order chi connectivity index (χ0) is 12.1. The minimum Gasteiger partial charge on any atom is -0.464 e. The first-order valence-corrected chi connectivity index (χ1v) is 6.01. The van der Waals surface area contributed by atoms with Crippen molar-refractivity contribution >= 4 is 11.7 Å². The predicted molar refractivity (Wildman–Crippen MR) is 67.2 cm³/mol. The smallest absolute Gasteiger partial charge is 0.354 e. The Morgan fingerprint density at radius 3 is 2.76 bits per heavy atom. The summed E-state index contributed by atoms with van der Waals surface area (Å²) < 4.78 is 4.61. The number of carbonyl (C=O) groups excluding carboxylic acids is 1. The van der Waals surface area contributed by atoms with Gasteiger partial charge in [-0.25, -0.2) is 4.79 Å². The third-order valence-corrected chi connectivity index (χ3v) is 2.97. The normalized spacial score (nSPS) is 17.5. The maximum Gasteiger partial charge on any atom is 0.354 e. The molecule has 0 unspecified atom stereocenters. The van der Waals surface area contributed by atoms with E-state index >= 15 is 0 Å². The lowest BCUT2D eigenvalue weighted by Crippen LogP contribution is -2.12. The Balaban J connectivity index is 1.58. The first-order chi connectivity index (χ1) is 8.31. The first-order valence-electron chi connectivity index (χ1n) is 6.01. The van der Waals surface area contributed by atoms with E-state index in [1.165, 1.54) is 12.7 Å². The largest absolute Gasteiger partial charge is 0.464 e. The molecule has 0 fully saturated rings. The number of hydrogen-bond donors (Lipinski definition) is 0. The quantitative estimate of drug-likeness (QED) is 0.557. The summed E-state index contributed by atoms with van der Waals surface area (Å²) in [7, 11) is 1.40. The minimum atomic E-state index is -0.266. The van der Waals surface area contributed by atoms with Crippen LogP contribution in [0.3, 0.4) is 0 Å². The van der Waals surface area contributed by atoms with E-state index in [1.54, 1.807) is 0 Å². The molecule has 0 saturated heterocycles. The molecule has 1 aliphatic heterocycles. The van der Waals surface area contributed by atoms with Gasteiger partial charge in [-0.1, -0.05) is 36.8 Å². The monoisotopic (exact) mass is 231 g/mol. The molecular formula is C14H17NO2. The molecule has 0 bridgehead atoms. The number of esters is 1. The van der Waals surface area contributed by atoms with Gasteiger partial charge in [0.2, 0.25) is 0 Å². The van der Waals surface area contributed by atoms with Crippen LogP contribution < -0.4 is 0 Å². The average Bonchev–Trinajstić information content (AvgIpc) is 3.14. The Hall–Kier alpha value is -1.64. The molecule has 3 heteroatoms. The average molecular weight is 231 g/mol. The Bertz CT molecular complexity index is 411. The molecule has 0 radical (unpaired) electrons. The molecule has 0 amide bonds. The molecule has 0 aliphatic carbocycles. The van der Waals surface area contributed by atoms with E-state index in [0.717, 1.165) is 25.7 Å². The molecule has 1 aliphatic rings. The molecule has 0 saturated carbocycles. The summed E-state index contributed by atoms with van der Waals surface area (Å²) in [4.78, 5) is 15.2. The van der Waals surface area contributed by atoms with Gasteiger partial charge in [-0.15, -0.1) is 0 Å². The minimum absolute atomic E-state index is 0.137. The highest BCUT2D eigenvalue weighted by molar-refractivity contribution is 6.44. The van der Waals surface area contributed by atoms with Gasteiger partial charge in [0.05, 0.1) is 13.2 Å². The molecule has 0 aromatic heterocycles. The molecule has 3 nitrogen and oxygen atoms in total. The second-order valence-electron chi connectivity index (χ2n) is 4.25. The molecule has 1 heterocycles. The van der Waals surface area contributed by atoms with Crippen molar-refractivity contribution in [2.75, 3.05) is 7.11 Å². The van der Waals surface area contributed by atoms with Gasteiger partial charge in [0.1, 0.15) is 5.71 Å². The lowest BCUT2D eigenvalue weighted by atomic mass is 10.1. The number of carbonyl (C=O) groups is 1. The Morgan fingerprint density at radius 2 is 2.06 bits per heavy atom. The van der Waals surface area contributed by atoms with Crippen molar-refractivity contribution in [1.29, 1.82) is 0 Å². The van der Waals surface area contributed by atoms with E-state index in [1.807, 2.05) is 6.07 Å². The fraction of sp³-hybridized carbons (Fsp3) is 0.429. The third-order valence-electron chi connectivity index (χ3n) is 2.97. The summed E-state index contributed by atoms with van der Waals surface area (Å²) in [5.74, 6) is -0.266. The van der Waals surface area contributed by atoms with Gasteiger partial charge in [0, 0.05) is 0 Å². The summed E-state index contributed by atoms with van der Waals surface area (Å²) in [6.45, 7) is 0. The Kier molecular flexibility index (Phi) is 3.91. The van der Waals surface area contributed by atoms with Crippen molar-refractivity contribution in [2.45, 2.75) is 31.7 Å². The van der Waals surface area contributed by atoms with Crippen molar-refractivity contribution in [3.05, 3.63) is 35.9 Å². The molecule has 0 N–H and O–H groups in total. The summed E-state index contributed by atoms with van der Waals surface area (Å²) in [5.41, 5.74) is 1.99. The van der Waals surface area contributed by atoms with Crippen LogP contribution in [-0.2, 0) is 16.0 Å². The van der Waals surface area contributed by atoms with Crippen molar-refractivity contribution in [3.63, 3.8) is 0 Å². The number of aliphatic imine (C=N–C) groups is 1. The summed E-state index contributed by atoms with van der Waals surface area (Å²) in [5, 5.41) is 0. The van der Waals surface area contributed by atoms with E-state index in [-0.39, 0.29) is 12.0 Å². The van der Waals surface area contributed by atoms with Gasteiger partial charge in [-0.2, -0.15) is 0 Å². The van der Waals surface area contributed by atoms with Crippen molar-refractivity contribution in [3.8, 4) is 0 Å². The number of unbranched alkanes of at least 4 members (excludes halogenated alkanes) is 1. The highest BCUT2D eigenvalue weighted by Gasteiger charge is 2.33. The number of ether oxygens (including phenoxy) is 1. The van der Waals surface area contributed by atoms with Crippen LogP contribution in [0.15, 0.2) is 35.3 Å². The zero-order valence-electron chi connectivity index (χ0n) is 10.1. The van der Waals surface area contributed by atoms with E-state index in [9.17, 15) is 4.79 Å². The zero-order valence-corrected chi connectivity index (χ0v) is 10.1. The van der Waals surface area contributed by atoms with Gasteiger partial charge >= 0.3 is 5.97 Å². The SMILES string of the molecule is COC(=O)C1=N[C@H]1CCCCc1ccccc1. The van der Waals surface area contributed by atoms with Gasteiger partial charge in [-0.3, -0.25) is 4.99 Å². The second kappa shape index (κ2) is 5.62. The maximum absolute atomic E-state index is 11.1. The molecule has 90 valence electrons. The second-order valence-corrected chi connectivity index (χ2v) is 4.25. The molecule has 17 heavy (non-hydrogen) atoms. The fourth-order valence-electron chi connectivity index (χ4n) is 1.94. The van der Waals surface area contributed by atoms with Crippen molar-refractivity contribution in [1.82, 2.24) is 0 Å². The summed E-state index contributed by atoms with van der Waals surface area (Å²) >= 11 is 0. The van der Waals surface area contributed by atoms with E-state index in [0.29, 0.717) is 5.71 Å². The topological polar surface area (TPSA) is 38.7 Å². The van der Waals surface area contributed by atoms with E-state index < -0.39 is 0 Å². The lowest BCUT2D eigenvalue weighted by molar-refractivity contribution is -0.132. The highest BCUT2D eigenvalue weighted by atomic mass is 16.5. The molecule has 0 spiro atoms. The summed E-state index contributed by atoms with van der Waals surface area (Å²) in [6, 6.07) is 10.6. The summed E-state index contributed by atoms with van der Waals surface area (Å²) in [6.07, 6.45) is 4.31. The van der Waals surface area contributed by atoms with Crippen LogP contribution in [0.4, 0.5) is 0 Å². The molecular weight excluding hydrogens is 214 g/mol. The van der Waals surface area contributed by atoms with Crippen molar-refractivity contribution < 1.29 is 9.53 Å². The predicted octanol–water partition coefficient (Wildman–Crippen LogP) is 2.40. The number of aryl methyl sites for hydroxylation is 1. The number of methoxy groups -OCH3 is 1. The number of nitrogens with zero attached hydrogens (tertiary/aromatic N) is 1. The van der Waals surface area contributed by atoms with Crippen LogP contribution in [0.25, 0.3) is 0 Å².